The highest BCUT2D eigenvalue weighted by molar-refractivity contribution is 5.68. The lowest BCUT2D eigenvalue weighted by atomic mass is 9.80. The fraction of sp³-hybridized carbons (Fsp3) is 0.706. The van der Waals surface area contributed by atoms with E-state index in [4.69, 9.17) is 4.74 Å². The van der Waals surface area contributed by atoms with Gasteiger partial charge in [-0.15, -0.1) is 0 Å². The maximum absolute atomic E-state index is 11.3. The SMILES string of the molecule is C=C(C)C1CCC(C)=C1CC(C)(C)COC(=O)CC. The second kappa shape index (κ2) is 6.40. The number of ether oxygens (including phenoxy) is 1. The lowest BCUT2D eigenvalue weighted by Gasteiger charge is -2.28. The van der Waals surface area contributed by atoms with Crippen molar-refractivity contribution in [2.24, 2.45) is 11.3 Å². The molecule has 0 spiro atoms. The van der Waals surface area contributed by atoms with E-state index < -0.39 is 0 Å². The molecule has 2 nitrogen and oxygen atoms in total. The number of carbonyl (C=O) groups excluding carboxylic acids is 1. The molecule has 0 aliphatic heterocycles. The predicted octanol–water partition coefficient (Wildman–Crippen LogP) is 4.66. The van der Waals surface area contributed by atoms with Crippen LogP contribution in [0.15, 0.2) is 23.3 Å². The van der Waals surface area contributed by atoms with Gasteiger partial charge in [0.1, 0.15) is 0 Å². The van der Waals surface area contributed by atoms with Crippen molar-refractivity contribution >= 4 is 5.97 Å². The van der Waals surface area contributed by atoms with Gasteiger partial charge in [-0.3, -0.25) is 4.79 Å². The Balaban J connectivity index is 2.68. The smallest absolute Gasteiger partial charge is 0.305 e. The Morgan fingerprint density at radius 3 is 2.63 bits per heavy atom. The largest absolute Gasteiger partial charge is 0.465 e. The molecule has 1 aliphatic carbocycles. The number of hydrogen-bond donors (Lipinski definition) is 0. The summed E-state index contributed by atoms with van der Waals surface area (Å²) in [4.78, 5) is 11.3. The van der Waals surface area contributed by atoms with Gasteiger partial charge in [0, 0.05) is 17.8 Å². The highest BCUT2D eigenvalue weighted by Gasteiger charge is 2.30. The maximum Gasteiger partial charge on any atom is 0.305 e. The first-order chi connectivity index (χ1) is 8.76. The standard InChI is InChI=1S/C17H28O2/c1-7-16(18)19-11-17(5,6)10-15-13(4)8-9-14(15)12(2)3/h14H,2,7-11H2,1,3-6H3. The second-order valence-electron chi connectivity index (χ2n) is 6.60. The lowest BCUT2D eigenvalue weighted by Crippen LogP contribution is -2.23. The Hall–Kier alpha value is -1.05. The Morgan fingerprint density at radius 2 is 2.11 bits per heavy atom. The van der Waals surface area contributed by atoms with E-state index in [0.717, 1.165) is 6.42 Å². The molecule has 19 heavy (non-hydrogen) atoms. The van der Waals surface area contributed by atoms with Gasteiger partial charge in [0.05, 0.1) is 6.61 Å². The van der Waals surface area contributed by atoms with Crippen LogP contribution in [0.3, 0.4) is 0 Å². The van der Waals surface area contributed by atoms with E-state index >= 15 is 0 Å². The topological polar surface area (TPSA) is 26.3 Å². The minimum absolute atomic E-state index is 0.000532. The average molecular weight is 264 g/mol. The van der Waals surface area contributed by atoms with Crippen LogP contribution in [-0.2, 0) is 9.53 Å². The molecule has 0 saturated heterocycles. The van der Waals surface area contributed by atoms with Crippen LogP contribution >= 0.6 is 0 Å². The molecule has 0 saturated carbocycles. The Kier molecular flexibility index (Phi) is 5.39. The number of carbonyl (C=O) groups is 1. The zero-order valence-electron chi connectivity index (χ0n) is 13.1. The molecule has 108 valence electrons. The molecule has 1 aliphatic rings. The summed E-state index contributed by atoms with van der Waals surface area (Å²) in [5.74, 6) is 0.419. The van der Waals surface area contributed by atoms with E-state index in [2.05, 4.69) is 34.3 Å². The molecule has 1 rings (SSSR count). The van der Waals surface area contributed by atoms with Gasteiger partial charge >= 0.3 is 5.97 Å². The van der Waals surface area contributed by atoms with E-state index in [1.807, 2.05) is 6.92 Å². The highest BCUT2D eigenvalue weighted by atomic mass is 16.5. The molecular weight excluding hydrogens is 236 g/mol. The van der Waals surface area contributed by atoms with Crippen LogP contribution in [0.2, 0.25) is 0 Å². The van der Waals surface area contributed by atoms with Crippen LogP contribution in [0.1, 0.15) is 60.3 Å². The van der Waals surface area contributed by atoms with Crippen LogP contribution < -0.4 is 0 Å². The average Bonchev–Trinajstić information content (AvgIpc) is 2.67. The maximum atomic E-state index is 11.3. The van der Waals surface area contributed by atoms with Gasteiger partial charge < -0.3 is 4.74 Å². The normalized spacial score (nSPS) is 19.7. The van der Waals surface area contributed by atoms with Crippen LogP contribution in [0, 0.1) is 11.3 Å². The molecule has 2 heteroatoms. The van der Waals surface area contributed by atoms with Gasteiger partial charge in [-0.05, 0) is 33.1 Å². The summed E-state index contributed by atoms with van der Waals surface area (Å²) < 4.78 is 5.31. The van der Waals surface area contributed by atoms with Gasteiger partial charge in [0.25, 0.3) is 0 Å². The molecule has 0 fully saturated rings. The second-order valence-corrected chi connectivity index (χ2v) is 6.60. The van der Waals surface area contributed by atoms with Crippen LogP contribution in [0.5, 0.6) is 0 Å². The van der Waals surface area contributed by atoms with Crippen molar-refractivity contribution in [3.05, 3.63) is 23.3 Å². The van der Waals surface area contributed by atoms with E-state index in [1.54, 1.807) is 0 Å². The summed E-state index contributed by atoms with van der Waals surface area (Å²) in [5.41, 5.74) is 4.28. The third kappa shape index (κ3) is 4.52. The quantitative estimate of drug-likeness (QED) is 0.515. The van der Waals surface area contributed by atoms with Gasteiger partial charge in [-0.25, -0.2) is 0 Å². The number of esters is 1. The highest BCUT2D eigenvalue weighted by Crippen LogP contribution is 2.42. The van der Waals surface area contributed by atoms with Crippen molar-refractivity contribution in [2.45, 2.75) is 60.3 Å². The molecule has 0 aromatic rings. The van der Waals surface area contributed by atoms with Gasteiger partial charge in [0.2, 0.25) is 0 Å². The molecule has 1 atom stereocenters. The number of hydrogen-bond acceptors (Lipinski definition) is 2. The molecule has 0 heterocycles. The summed E-state index contributed by atoms with van der Waals surface area (Å²) in [7, 11) is 0. The molecule has 0 aromatic heterocycles. The van der Waals surface area contributed by atoms with Crippen LogP contribution in [0.4, 0.5) is 0 Å². The summed E-state index contributed by atoms with van der Waals surface area (Å²) in [6, 6.07) is 0. The molecule has 0 N–H and O–H groups in total. The summed E-state index contributed by atoms with van der Waals surface area (Å²) in [6.07, 6.45) is 3.82. The van der Waals surface area contributed by atoms with Crippen LogP contribution in [-0.4, -0.2) is 12.6 Å². The minimum Gasteiger partial charge on any atom is -0.465 e. The fourth-order valence-corrected chi connectivity index (χ4v) is 2.76. The molecule has 0 radical (unpaired) electrons. The van der Waals surface area contributed by atoms with Crippen molar-refractivity contribution in [3.8, 4) is 0 Å². The van der Waals surface area contributed by atoms with Crippen molar-refractivity contribution in [3.63, 3.8) is 0 Å². The lowest BCUT2D eigenvalue weighted by molar-refractivity contribution is -0.146. The molecule has 0 aromatic carbocycles. The van der Waals surface area contributed by atoms with Gasteiger partial charge in [-0.1, -0.05) is 44.1 Å². The van der Waals surface area contributed by atoms with Crippen molar-refractivity contribution in [1.29, 1.82) is 0 Å². The van der Waals surface area contributed by atoms with Crippen LogP contribution in [0.25, 0.3) is 0 Å². The summed E-state index contributed by atoms with van der Waals surface area (Å²) in [5, 5.41) is 0. The first-order valence-corrected chi connectivity index (χ1v) is 7.26. The first kappa shape index (κ1) is 16.0. The van der Waals surface area contributed by atoms with E-state index in [9.17, 15) is 4.79 Å². The van der Waals surface area contributed by atoms with E-state index in [1.165, 1.54) is 29.6 Å². The molecule has 0 bridgehead atoms. The summed E-state index contributed by atoms with van der Waals surface area (Å²) >= 11 is 0. The number of rotatable bonds is 6. The number of allylic oxidation sites excluding steroid dienone is 3. The molecule has 1 unspecified atom stereocenters. The Labute approximate surface area is 117 Å². The third-order valence-corrected chi connectivity index (χ3v) is 3.95. The Bertz CT molecular complexity index is 388. The van der Waals surface area contributed by atoms with E-state index in [-0.39, 0.29) is 11.4 Å². The van der Waals surface area contributed by atoms with Crippen molar-refractivity contribution in [2.75, 3.05) is 6.61 Å². The molecule has 0 amide bonds. The van der Waals surface area contributed by atoms with Crippen molar-refractivity contribution < 1.29 is 9.53 Å². The molecular formula is C17H28O2. The zero-order chi connectivity index (χ0) is 14.6. The first-order valence-electron chi connectivity index (χ1n) is 7.26. The van der Waals surface area contributed by atoms with Gasteiger partial charge in [-0.2, -0.15) is 0 Å². The monoisotopic (exact) mass is 264 g/mol. The summed E-state index contributed by atoms with van der Waals surface area (Å²) in [6.45, 7) is 15.1. The third-order valence-electron chi connectivity index (χ3n) is 3.95. The fourth-order valence-electron chi connectivity index (χ4n) is 2.76. The minimum atomic E-state index is -0.110. The van der Waals surface area contributed by atoms with Gasteiger partial charge in [0.15, 0.2) is 0 Å². The van der Waals surface area contributed by atoms with E-state index in [0.29, 0.717) is 18.9 Å². The van der Waals surface area contributed by atoms with Crippen molar-refractivity contribution in [1.82, 2.24) is 0 Å². The predicted molar refractivity (Wildman–Crippen MR) is 79.9 cm³/mol. The Morgan fingerprint density at radius 1 is 1.47 bits per heavy atom. The zero-order valence-corrected chi connectivity index (χ0v) is 13.1.